The molecule has 4 amide bonds. The predicted molar refractivity (Wildman–Crippen MR) is 147 cm³/mol. The number of fused-ring (bicyclic) bond motifs is 1. The minimum atomic E-state index is -0.397. The highest BCUT2D eigenvalue weighted by Crippen LogP contribution is 2.34. The highest BCUT2D eigenvalue weighted by Gasteiger charge is 2.42. The number of likely N-dealkylation sites (N-methyl/N-ethyl adjacent to an activating group) is 1. The second kappa shape index (κ2) is 10.3. The standard InChI is InChI=1S/C26H30N8O3S/c1-31-7-9-32(10-8-31)22-12-20(11-21-23(35)30-26(37)38-21)27-24(29-22)33-13-17-15-34(16-18(17)14-33)25(36)28-19-5-3-2-4-6-19/h2-6,11-12,17-18H,7-10,13-16H2,1H3,(H,28,36)(H,30,35,37). The number of rotatable bonds is 4. The van der Waals surface area contributed by atoms with Gasteiger partial charge in [0, 0.05) is 75.9 Å². The molecule has 0 bridgehead atoms. The third kappa shape index (κ3) is 5.18. The first kappa shape index (κ1) is 24.7. The Morgan fingerprint density at radius 2 is 1.71 bits per heavy atom. The molecule has 11 nitrogen and oxygen atoms in total. The third-order valence-corrected chi connectivity index (χ3v) is 8.36. The minimum absolute atomic E-state index is 0.0683. The summed E-state index contributed by atoms with van der Waals surface area (Å²) in [5.41, 5.74) is 1.40. The highest BCUT2D eigenvalue weighted by atomic mass is 32.2. The van der Waals surface area contributed by atoms with E-state index in [1.54, 1.807) is 6.08 Å². The maximum Gasteiger partial charge on any atom is 0.321 e. The molecule has 4 saturated heterocycles. The van der Waals surface area contributed by atoms with Crippen LogP contribution >= 0.6 is 11.8 Å². The van der Waals surface area contributed by atoms with Crippen LogP contribution in [0.5, 0.6) is 0 Å². The zero-order valence-corrected chi connectivity index (χ0v) is 22.0. The number of urea groups is 1. The number of thioether (sulfide) groups is 1. The van der Waals surface area contributed by atoms with E-state index in [-0.39, 0.29) is 11.3 Å². The van der Waals surface area contributed by atoms with Gasteiger partial charge in [0.15, 0.2) is 0 Å². The number of hydrogen-bond donors (Lipinski definition) is 2. The highest BCUT2D eigenvalue weighted by molar-refractivity contribution is 8.18. The normalized spacial score (nSPS) is 24.8. The zero-order chi connectivity index (χ0) is 26.2. The van der Waals surface area contributed by atoms with Gasteiger partial charge in [-0.1, -0.05) is 18.2 Å². The van der Waals surface area contributed by atoms with Gasteiger partial charge in [-0.15, -0.1) is 0 Å². The molecule has 0 spiro atoms. The van der Waals surface area contributed by atoms with Gasteiger partial charge >= 0.3 is 6.03 Å². The summed E-state index contributed by atoms with van der Waals surface area (Å²) in [6, 6.07) is 11.3. The maximum absolute atomic E-state index is 12.8. The largest absolute Gasteiger partial charge is 0.354 e. The summed E-state index contributed by atoms with van der Waals surface area (Å²) >= 11 is 0.889. The number of amides is 4. The van der Waals surface area contributed by atoms with E-state index in [2.05, 4.69) is 32.4 Å². The van der Waals surface area contributed by atoms with Gasteiger partial charge in [0.25, 0.3) is 11.1 Å². The summed E-state index contributed by atoms with van der Waals surface area (Å²) in [7, 11) is 2.11. The van der Waals surface area contributed by atoms with E-state index in [4.69, 9.17) is 9.97 Å². The third-order valence-electron chi connectivity index (χ3n) is 7.55. The fraction of sp³-hybridized carbons (Fsp3) is 0.423. The van der Waals surface area contributed by atoms with E-state index in [1.807, 2.05) is 41.3 Å². The molecule has 12 heteroatoms. The molecule has 38 heavy (non-hydrogen) atoms. The molecule has 2 atom stereocenters. The lowest BCUT2D eigenvalue weighted by Crippen LogP contribution is -2.45. The van der Waals surface area contributed by atoms with Crippen LogP contribution in [0.2, 0.25) is 0 Å². The van der Waals surface area contributed by atoms with E-state index >= 15 is 0 Å². The molecular formula is C26H30N8O3S. The molecule has 198 valence electrons. The smallest absolute Gasteiger partial charge is 0.321 e. The van der Waals surface area contributed by atoms with Crippen LogP contribution in [0.25, 0.3) is 6.08 Å². The lowest BCUT2D eigenvalue weighted by atomic mass is 10.0. The van der Waals surface area contributed by atoms with E-state index in [9.17, 15) is 14.4 Å². The van der Waals surface area contributed by atoms with E-state index < -0.39 is 5.91 Å². The number of piperazine rings is 1. The number of nitrogens with zero attached hydrogens (tertiary/aromatic N) is 6. The molecule has 1 aromatic heterocycles. The van der Waals surface area contributed by atoms with Crippen molar-refractivity contribution < 1.29 is 14.4 Å². The van der Waals surface area contributed by atoms with Crippen molar-refractivity contribution in [3.63, 3.8) is 0 Å². The molecule has 4 aliphatic rings. The Labute approximate surface area is 225 Å². The number of para-hydroxylation sites is 1. The average molecular weight is 535 g/mol. The molecule has 5 heterocycles. The van der Waals surface area contributed by atoms with Gasteiger partial charge in [-0.3, -0.25) is 14.9 Å². The van der Waals surface area contributed by atoms with Crippen molar-refractivity contribution in [1.29, 1.82) is 0 Å². The first-order chi connectivity index (χ1) is 18.4. The molecule has 2 aromatic rings. The molecule has 6 rings (SSSR count). The van der Waals surface area contributed by atoms with Gasteiger partial charge in [-0.2, -0.15) is 4.98 Å². The molecular weight excluding hydrogens is 504 g/mol. The van der Waals surface area contributed by atoms with E-state index in [0.717, 1.165) is 62.5 Å². The second-order valence-electron chi connectivity index (χ2n) is 10.2. The number of carbonyl (C=O) groups is 3. The van der Waals surface area contributed by atoms with Crippen LogP contribution in [-0.2, 0) is 4.79 Å². The quantitative estimate of drug-likeness (QED) is 0.570. The number of aromatic nitrogens is 2. The van der Waals surface area contributed by atoms with Gasteiger partial charge < -0.3 is 24.9 Å². The first-order valence-electron chi connectivity index (χ1n) is 12.8. The minimum Gasteiger partial charge on any atom is -0.354 e. The monoisotopic (exact) mass is 534 g/mol. The first-order valence-corrected chi connectivity index (χ1v) is 13.7. The molecule has 4 fully saturated rings. The van der Waals surface area contributed by atoms with Crippen molar-refractivity contribution in [3.8, 4) is 0 Å². The van der Waals surface area contributed by atoms with Crippen LogP contribution in [-0.4, -0.2) is 96.4 Å². The molecule has 0 saturated carbocycles. The van der Waals surface area contributed by atoms with Crippen LogP contribution in [0.3, 0.4) is 0 Å². The van der Waals surface area contributed by atoms with Crippen LogP contribution in [0.1, 0.15) is 5.69 Å². The number of carbonyl (C=O) groups excluding carboxylic acids is 3. The topological polar surface area (TPSA) is 114 Å². The van der Waals surface area contributed by atoms with Crippen LogP contribution in [0, 0.1) is 11.8 Å². The number of benzene rings is 1. The van der Waals surface area contributed by atoms with Gasteiger partial charge in [0.1, 0.15) is 5.82 Å². The zero-order valence-electron chi connectivity index (χ0n) is 21.2. The summed E-state index contributed by atoms with van der Waals surface area (Å²) in [6.07, 6.45) is 1.67. The molecule has 2 unspecified atom stereocenters. The SMILES string of the molecule is CN1CCN(c2cc(C=C3SC(=O)NC3=O)nc(N3CC4CN(C(=O)Nc5ccccc5)CC4C3)n2)CC1. The van der Waals surface area contributed by atoms with E-state index in [1.165, 1.54) is 0 Å². The second-order valence-corrected chi connectivity index (χ2v) is 11.2. The van der Waals surface area contributed by atoms with Crippen molar-refractivity contribution in [2.45, 2.75) is 0 Å². The Morgan fingerprint density at radius 1 is 1.00 bits per heavy atom. The van der Waals surface area contributed by atoms with Crippen LogP contribution in [0.4, 0.5) is 27.0 Å². The summed E-state index contributed by atoms with van der Waals surface area (Å²) < 4.78 is 0. The van der Waals surface area contributed by atoms with Gasteiger partial charge in [0.05, 0.1) is 10.6 Å². The summed E-state index contributed by atoms with van der Waals surface area (Å²) in [5, 5.41) is 4.92. The van der Waals surface area contributed by atoms with Crippen LogP contribution in [0.15, 0.2) is 41.3 Å². The number of nitrogens with one attached hydrogen (secondary N) is 2. The fourth-order valence-corrected chi connectivity index (χ4v) is 6.12. The van der Waals surface area contributed by atoms with Gasteiger partial charge in [-0.25, -0.2) is 9.78 Å². The number of hydrogen-bond acceptors (Lipinski definition) is 9. The van der Waals surface area contributed by atoms with Crippen molar-refractivity contribution in [1.82, 2.24) is 25.1 Å². The summed E-state index contributed by atoms with van der Waals surface area (Å²) in [6.45, 7) is 6.49. The van der Waals surface area contributed by atoms with E-state index in [0.29, 0.717) is 41.5 Å². The summed E-state index contributed by atoms with van der Waals surface area (Å²) in [5.74, 6) is 1.72. The number of imide groups is 1. The molecule has 0 radical (unpaired) electrons. The lowest BCUT2D eigenvalue weighted by Gasteiger charge is -2.33. The van der Waals surface area contributed by atoms with Crippen LogP contribution < -0.4 is 20.4 Å². The Balaban J connectivity index is 1.19. The summed E-state index contributed by atoms with van der Waals surface area (Å²) in [4.78, 5) is 55.3. The number of likely N-dealkylation sites (tertiary alicyclic amines) is 1. The van der Waals surface area contributed by atoms with Gasteiger partial charge in [0.2, 0.25) is 5.95 Å². The Morgan fingerprint density at radius 3 is 2.37 bits per heavy atom. The molecule has 2 N–H and O–H groups in total. The average Bonchev–Trinajstić information content (AvgIpc) is 3.58. The molecule has 0 aliphatic carbocycles. The van der Waals surface area contributed by atoms with Crippen molar-refractivity contribution in [3.05, 3.63) is 47.0 Å². The van der Waals surface area contributed by atoms with Crippen molar-refractivity contribution in [2.75, 3.05) is 74.5 Å². The molecule has 1 aromatic carbocycles. The van der Waals surface area contributed by atoms with Crippen molar-refractivity contribution in [2.24, 2.45) is 11.8 Å². The maximum atomic E-state index is 12.8. The Bertz CT molecular complexity index is 1270. The van der Waals surface area contributed by atoms with Crippen molar-refractivity contribution >= 4 is 52.5 Å². The Hall–Kier alpha value is -3.64. The predicted octanol–water partition coefficient (Wildman–Crippen LogP) is 2.15. The fourth-order valence-electron chi connectivity index (χ4n) is 5.45. The molecule has 4 aliphatic heterocycles. The Kier molecular flexibility index (Phi) is 6.66. The number of anilines is 3. The van der Waals surface area contributed by atoms with Gasteiger partial charge in [-0.05, 0) is 37.0 Å². The lowest BCUT2D eigenvalue weighted by molar-refractivity contribution is -0.115.